The number of hydrogen-bond donors (Lipinski definition) is 2. The van der Waals surface area contributed by atoms with E-state index in [4.69, 9.17) is 10.3 Å². The van der Waals surface area contributed by atoms with Crippen LogP contribution in [-0.2, 0) is 22.4 Å². The van der Waals surface area contributed by atoms with Gasteiger partial charge in [-0.15, -0.1) is 0 Å². The van der Waals surface area contributed by atoms with Crippen LogP contribution in [0.4, 0.5) is 5.69 Å². The monoisotopic (exact) mass is 406 g/mol. The summed E-state index contributed by atoms with van der Waals surface area (Å²) in [5.74, 6) is -0.275. The maximum absolute atomic E-state index is 12.4. The van der Waals surface area contributed by atoms with Crippen LogP contribution in [0.25, 0.3) is 11.0 Å². The maximum Gasteiger partial charge on any atom is 0.230 e. The van der Waals surface area contributed by atoms with Crippen LogP contribution in [0.5, 0.6) is 0 Å². The fourth-order valence-corrected chi connectivity index (χ4v) is 3.91. The van der Waals surface area contributed by atoms with E-state index in [0.29, 0.717) is 11.3 Å². The van der Waals surface area contributed by atoms with E-state index in [-0.39, 0.29) is 24.2 Å². The summed E-state index contributed by atoms with van der Waals surface area (Å²) < 4.78 is 5.25. The van der Waals surface area contributed by atoms with Crippen molar-refractivity contribution in [1.82, 2.24) is 10.1 Å². The van der Waals surface area contributed by atoms with Crippen LogP contribution in [0.1, 0.15) is 24.1 Å². The minimum atomic E-state index is -0.177. The fourth-order valence-electron chi connectivity index (χ4n) is 3.91. The van der Waals surface area contributed by atoms with E-state index in [1.807, 2.05) is 48.5 Å². The van der Waals surface area contributed by atoms with Crippen molar-refractivity contribution < 1.29 is 14.1 Å². The van der Waals surface area contributed by atoms with Gasteiger partial charge >= 0.3 is 0 Å². The number of carbonyl (C=O) groups is 2. The van der Waals surface area contributed by atoms with Crippen LogP contribution in [0.3, 0.4) is 0 Å². The van der Waals surface area contributed by atoms with Crippen molar-refractivity contribution in [2.75, 3.05) is 25.0 Å². The quantitative estimate of drug-likeness (QED) is 0.628. The standard InChI is InChI=1S/C23H26N4O3/c24-23(29)17-10-13-27(14-11-17)12-9-16-5-7-18(8-6-16)25-22(28)15-20-19-3-1-2-4-21(19)30-26-20/h1-8,17H,9-15H2,(H2,24,29)(H,25,28). The lowest BCUT2D eigenvalue weighted by Crippen LogP contribution is -2.39. The maximum atomic E-state index is 12.4. The number of hydrogen-bond acceptors (Lipinski definition) is 5. The third-order valence-electron chi connectivity index (χ3n) is 5.72. The van der Waals surface area contributed by atoms with E-state index < -0.39 is 0 Å². The molecule has 0 radical (unpaired) electrons. The summed E-state index contributed by atoms with van der Waals surface area (Å²) in [5, 5.41) is 7.79. The molecule has 0 saturated carbocycles. The Kier molecular flexibility index (Phi) is 6.09. The highest BCUT2D eigenvalue weighted by atomic mass is 16.5. The van der Waals surface area contributed by atoms with Crippen molar-refractivity contribution in [3.63, 3.8) is 0 Å². The zero-order valence-corrected chi connectivity index (χ0v) is 16.8. The molecule has 0 aliphatic carbocycles. The molecular formula is C23H26N4O3. The number of carbonyl (C=O) groups excluding carboxylic acids is 2. The van der Waals surface area contributed by atoms with Crippen LogP contribution in [0, 0.1) is 5.92 Å². The molecule has 1 aliphatic rings. The Bertz CT molecular complexity index is 1020. The largest absolute Gasteiger partial charge is 0.369 e. The molecule has 4 rings (SSSR count). The summed E-state index contributed by atoms with van der Waals surface area (Å²) in [6.07, 6.45) is 2.79. The van der Waals surface area contributed by atoms with Crippen molar-refractivity contribution in [2.45, 2.75) is 25.7 Å². The number of nitrogens with one attached hydrogen (secondary N) is 1. The van der Waals surface area contributed by atoms with Crippen LogP contribution in [0.15, 0.2) is 53.1 Å². The molecule has 1 fully saturated rings. The average molecular weight is 406 g/mol. The Labute approximate surface area is 175 Å². The number of nitrogens with two attached hydrogens (primary N) is 1. The summed E-state index contributed by atoms with van der Waals surface area (Å²) >= 11 is 0. The molecule has 7 heteroatoms. The molecule has 2 heterocycles. The second-order valence-electron chi connectivity index (χ2n) is 7.82. The van der Waals surface area contributed by atoms with E-state index in [9.17, 15) is 9.59 Å². The first kappa shape index (κ1) is 20.1. The molecule has 7 nitrogen and oxygen atoms in total. The number of nitrogens with zero attached hydrogens (tertiary/aromatic N) is 2. The highest BCUT2D eigenvalue weighted by Gasteiger charge is 2.22. The SMILES string of the molecule is NC(=O)C1CCN(CCc2ccc(NC(=O)Cc3noc4ccccc34)cc2)CC1. The molecule has 0 atom stereocenters. The molecule has 2 amide bonds. The van der Waals surface area contributed by atoms with Gasteiger partial charge < -0.3 is 20.5 Å². The second kappa shape index (κ2) is 9.09. The molecule has 1 saturated heterocycles. The van der Waals surface area contributed by atoms with Gasteiger partial charge in [0.2, 0.25) is 11.8 Å². The smallest absolute Gasteiger partial charge is 0.230 e. The van der Waals surface area contributed by atoms with Gasteiger partial charge in [0, 0.05) is 23.5 Å². The van der Waals surface area contributed by atoms with Gasteiger partial charge in [0.15, 0.2) is 5.58 Å². The first-order chi connectivity index (χ1) is 14.6. The number of likely N-dealkylation sites (tertiary alicyclic amines) is 1. The number of aromatic nitrogens is 1. The lowest BCUT2D eigenvalue weighted by Gasteiger charge is -2.30. The number of primary amides is 1. The lowest BCUT2D eigenvalue weighted by atomic mass is 9.96. The molecule has 2 aromatic carbocycles. The number of piperidine rings is 1. The topological polar surface area (TPSA) is 101 Å². The molecule has 156 valence electrons. The first-order valence-electron chi connectivity index (χ1n) is 10.3. The second-order valence-corrected chi connectivity index (χ2v) is 7.82. The van der Waals surface area contributed by atoms with Gasteiger partial charge in [-0.25, -0.2) is 0 Å². The van der Waals surface area contributed by atoms with E-state index in [0.717, 1.165) is 50.0 Å². The Morgan fingerprint density at radius 3 is 2.57 bits per heavy atom. The normalized spacial score (nSPS) is 15.3. The predicted molar refractivity (Wildman–Crippen MR) is 115 cm³/mol. The van der Waals surface area contributed by atoms with E-state index in [1.54, 1.807) is 0 Å². The van der Waals surface area contributed by atoms with Gasteiger partial charge in [0.25, 0.3) is 0 Å². The minimum Gasteiger partial charge on any atom is -0.369 e. The van der Waals surface area contributed by atoms with Crippen molar-refractivity contribution in [3.8, 4) is 0 Å². The third-order valence-corrected chi connectivity index (χ3v) is 5.72. The van der Waals surface area contributed by atoms with Gasteiger partial charge in [0.05, 0.1) is 6.42 Å². The predicted octanol–water partition coefficient (Wildman–Crippen LogP) is 2.75. The van der Waals surface area contributed by atoms with Gasteiger partial charge in [-0.3, -0.25) is 9.59 Å². The number of fused-ring (bicyclic) bond motifs is 1. The molecule has 30 heavy (non-hydrogen) atoms. The van der Waals surface area contributed by atoms with Crippen LogP contribution < -0.4 is 11.1 Å². The summed E-state index contributed by atoms with van der Waals surface area (Å²) in [4.78, 5) is 26.0. The summed E-state index contributed by atoms with van der Waals surface area (Å²) in [7, 11) is 0. The number of para-hydroxylation sites is 1. The van der Waals surface area contributed by atoms with E-state index >= 15 is 0 Å². The van der Waals surface area contributed by atoms with Crippen LogP contribution in [-0.4, -0.2) is 41.5 Å². The molecular weight excluding hydrogens is 380 g/mol. The highest BCUT2D eigenvalue weighted by molar-refractivity contribution is 5.94. The molecule has 3 aromatic rings. The summed E-state index contributed by atoms with van der Waals surface area (Å²) in [6.45, 7) is 2.79. The molecule has 0 unspecified atom stereocenters. The lowest BCUT2D eigenvalue weighted by molar-refractivity contribution is -0.123. The number of rotatable bonds is 7. The Morgan fingerprint density at radius 2 is 1.83 bits per heavy atom. The van der Waals surface area contributed by atoms with Crippen molar-refractivity contribution in [3.05, 3.63) is 59.8 Å². The van der Waals surface area contributed by atoms with E-state index in [2.05, 4.69) is 15.4 Å². The minimum absolute atomic E-state index is 0.0272. The fraction of sp³-hybridized carbons (Fsp3) is 0.348. The Balaban J connectivity index is 1.25. The summed E-state index contributed by atoms with van der Waals surface area (Å²) in [5.41, 5.74) is 8.69. The van der Waals surface area contributed by atoms with Crippen molar-refractivity contribution >= 4 is 28.5 Å². The average Bonchev–Trinajstić information content (AvgIpc) is 3.16. The summed E-state index contributed by atoms with van der Waals surface area (Å²) in [6, 6.07) is 15.4. The number of anilines is 1. The number of amides is 2. The van der Waals surface area contributed by atoms with Crippen molar-refractivity contribution in [2.24, 2.45) is 11.7 Å². The molecule has 3 N–H and O–H groups in total. The first-order valence-corrected chi connectivity index (χ1v) is 10.3. The van der Waals surface area contributed by atoms with Gasteiger partial charge in [-0.1, -0.05) is 29.4 Å². The van der Waals surface area contributed by atoms with E-state index in [1.165, 1.54) is 5.56 Å². The van der Waals surface area contributed by atoms with Gasteiger partial charge in [-0.2, -0.15) is 0 Å². The number of benzene rings is 2. The molecule has 1 aromatic heterocycles. The van der Waals surface area contributed by atoms with Crippen LogP contribution >= 0.6 is 0 Å². The van der Waals surface area contributed by atoms with Crippen LogP contribution in [0.2, 0.25) is 0 Å². The van der Waals surface area contributed by atoms with Crippen molar-refractivity contribution in [1.29, 1.82) is 0 Å². The highest BCUT2D eigenvalue weighted by Crippen LogP contribution is 2.20. The zero-order valence-electron chi connectivity index (χ0n) is 16.8. The van der Waals surface area contributed by atoms with Gasteiger partial charge in [-0.05, 0) is 62.2 Å². The molecule has 1 aliphatic heterocycles. The molecule has 0 bridgehead atoms. The third kappa shape index (κ3) is 4.86. The van der Waals surface area contributed by atoms with Gasteiger partial charge in [0.1, 0.15) is 5.69 Å². The Hall–Kier alpha value is -3.19. The Morgan fingerprint density at radius 1 is 1.10 bits per heavy atom. The zero-order chi connectivity index (χ0) is 20.9. The molecule has 0 spiro atoms.